The lowest BCUT2D eigenvalue weighted by Crippen LogP contribution is -3.00. The Morgan fingerprint density at radius 2 is 0.632 bits per heavy atom. The second kappa shape index (κ2) is 23.6. The van der Waals surface area contributed by atoms with Crippen LogP contribution in [0.15, 0.2) is 60.7 Å². The molecule has 0 saturated heterocycles. The zero-order valence-corrected chi connectivity index (χ0v) is 25.9. The molecule has 0 aliphatic heterocycles. The third kappa shape index (κ3) is 14.2. The molecule has 216 valence electrons. The minimum atomic E-state index is 0. The normalized spacial score (nSPS) is 11.4. The van der Waals surface area contributed by atoms with Crippen LogP contribution in [0.3, 0.4) is 0 Å². The predicted octanol–water partition coefficient (Wildman–Crippen LogP) is 9.17. The highest BCUT2D eigenvalue weighted by molar-refractivity contribution is 5.58. The maximum Gasteiger partial charge on any atom is 0.137 e. The summed E-state index contributed by atoms with van der Waals surface area (Å²) in [6.07, 6.45) is 28.0. The van der Waals surface area contributed by atoms with E-state index in [0.717, 1.165) is 4.48 Å². The highest BCUT2D eigenvalue weighted by Gasteiger charge is 2.32. The second-order valence-electron chi connectivity index (χ2n) is 11.5. The summed E-state index contributed by atoms with van der Waals surface area (Å²) >= 11 is 0. The third-order valence-corrected chi connectivity index (χ3v) is 8.29. The van der Waals surface area contributed by atoms with Crippen molar-refractivity contribution in [3.8, 4) is 0 Å². The van der Waals surface area contributed by atoms with Crippen molar-refractivity contribution in [3.05, 3.63) is 60.7 Å². The van der Waals surface area contributed by atoms with Crippen LogP contribution in [0.25, 0.3) is 0 Å². The van der Waals surface area contributed by atoms with Crippen LogP contribution in [0.5, 0.6) is 0 Å². The van der Waals surface area contributed by atoms with E-state index in [4.69, 9.17) is 0 Å². The number of halogens is 1. The van der Waals surface area contributed by atoms with Crippen LogP contribution < -0.4 is 16.9 Å². The Bertz CT molecular complexity index is 679. The summed E-state index contributed by atoms with van der Waals surface area (Å²) in [5.41, 5.74) is 2.95. The van der Waals surface area contributed by atoms with E-state index in [1.165, 1.54) is 153 Å². The van der Waals surface area contributed by atoms with E-state index in [9.17, 15) is 0 Å². The molecule has 0 saturated carbocycles. The smallest absolute Gasteiger partial charge is 0.137 e. The van der Waals surface area contributed by atoms with Crippen molar-refractivity contribution in [2.24, 2.45) is 0 Å². The molecule has 0 fully saturated rings. The lowest BCUT2D eigenvalue weighted by Gasteiger charge is -2.38. The Labute approximate surface area is 243 Å². The summed E-state index contributed by atoms with van der Waals surface area (Å²) in [5.74, 6) is 0. The number of unbranched alkanes of at least 4 members (excludes halogenated alkanes) is 18. The Hall–Kier alpha value is -1.31. The lowest BCUT2D eigenvalue weighted by atomic mass is 10.0. The molecule has 0 spiro atoms. The zero-order chi connectivity index (χ0) is 26.3. The molecule has 0 aliphatic carbocycles. The van der Waals surface area contributed by atoms with Crippen molar-refractivity contribution in [2.75, 3.05) is 13.1 Å². The number of benzene rings is 2. The van der Waals surface area contributed by atoms with Gasteiger partial charge in [-0.2, -0.15) is 0 Å². The number of rotatable bonds is 24. The molecule has 0 aromatic heterocycles. The fourth-order valence-corrected chi connectivity index (χ4v) is 5.94. The van der Waals surface area contributed by atoms with Gasteiger partial charge in [-0.1, -0.05) is 153 Å². The van der Waals surface area contributed by atoms with Gasteiger partial charge in [0.25, 0.3) is 0 Å². The van der Waals surface area contributed by atoms with Crippen molar-refractivity contribution in [3.63, 3.8) is 0 Å². The lowest BCUT2D eigenvalue weighted by molar-refractivity contribution is -0.00000789. The number of quaternary nitrogens is 1. The molecule has 0 radical (unpaired) electrons. The SMILES string of the molecule is CCCCCCCCCCCC[N+](CCCCCCCCCCCC)(c1ccccc1)c1ccccc1.[Cl-]. The molecule has 0 N–H and O–H groups in total. The number of hydrogen-bond acceptors (Lipinski definition) is 0. The molecule has 0 aliphatic rings. The Morgan fingerprint density at radius 1 is 0.368 bits per heavy atom. The molecule has 1 nitrogen and oxygen atoms in total. The van der Waals surface area contributed by atoms with Crippen LogP contribution in [0.2, 0.25) is 0 Å². The van der Waals surface area contributed by atoms with E-state index < -0.39 is 0 Å². The van der Waals surface area contributed by atoms with Gasteiger partial charge in [0.05, 0.1) is 13.1 Å². The minimum absolute atomic E-state index is 0. The van der Waals surface area contributed by atoms with Gasteiger partial charge in [-0.3, -0.25) is 4.48 Å². The van der Waals surface area contributed by atoms with E-state index in [2.05, 4.69) is 74.5 Å². The van der Waals surface area contributed by atoms with Gasteiger partial charge in [0, 0.05) is 0 Å². The van der Waals surface area contributed by atoms with E-state index >= 15 is 0 Å². The highest BCUT2D eigenvalue weighted by Crippen LogP contribution is 2.36. The van der Waals surface area contributed by atoms with Crippen LogP contribution in [0.4, 0.5) is 11.4 Å². The van der Waals surface area contributed by atoms with Crippen molar-refractivity contribution in [1.29, 1.82) is 0 Å². The maximum absolute atomic E-state index is 2.37. The minimum Gasteiger partial charge on any atom is -1.00 e. The van der Waals surface area contributed by atoms with Gasteiger partial charge in [-0.05, 0) is 49.9 Å². The summed E-state index contributed by atoms with van der Waals surface area (Å²) < 4.78 is 1.02. The average Bonchev–Trinajstić information content (AvgIpc) is 2.95. The topological polar surface area (TPSA) is 0 Å². The summed E-state index contributed by atoms with van der Waals surface area (Å²) in [6.45, 7) is 7.06. The average molecular weight is 542 g/mol. The Kier molecular flexibility index (Phi) is 21.5. The number of para-hydroxylation sites is 2. The first-order valence-corrected chi connectivity index (χ1v) is 16.3. The molecule has 0 bridgehead atoms. The van der Waals surface area contributed by atoms with E-state index in [1.54, 1.807) is 0 Å². The quantitative estimate of drug-likeness (QED) is 0.0917. The Balaban J connectivity index is 0.00000722. The van der Waals surface area contributed by atoms with Gasteiger partial charge in [0.15, 0.2) is 0 Å². The highest BCUT2D eigenvalue weighted by atomic mass is 35.5. The fraction of sp³-hybridized carbons (Fsp3) is 0.667. The summed E-state index contributed by atoms with van der Waals surface area (Å²) in [5, 5.41) is 0. The van der Waals surface area contributed by atoms with Gasteiger partial charge < -0.3 is 12.4 Å². The van der Waals surface area contributed by atoms with E-state index in [-0.39, 0.29) is 12.4 Å². The van der Waals surface area contributed by atoms with Crippen LogP contribution in [-0.2, 0) is 0 Å². The van der Waals surface area contributed by atoms with Gasteiger partial charge in [0.1, 0.15) is 11.4 Å². The van der Waals surface area contributed by atoms with Crippen molar-refractivity contribution in [1.82, 2.24) is 4.48 Å². The monoisotopic (exact) mass is 541 g/mol. The molecule has 0 unspecified atom stereocenters. The molecule has 0 atom stereocenters. The molecule has 2 heteroatoms. The van der Waals surface area contributed by atoms with Gasteiger partial charge >= 0.3 is 0 Å². The summed E-state index contributed by atoms with van der Waals surface area (Å²) in [4.78, 5) is 0. The van der Waals surface area contributed by atoms with E-state index in [1.807, 2.05) is 0 Å². The van der Waals surface area contributed by atoms with Crippen molar-refractivity contribution < 1.29 is 12.4 Å². The van der Waals surface area contributed by atoms with Gasteiger partial charge in [-0.25, -0.2) is 0 Å². The molecule has 2 aromatic carbocycles. The van der Waals surface area contributed by atoms with Crippen LogP contribution in [-0.4, -0.2) is 13.1 Å². The molecular weight excluding hydrogens is 482 g/mol. The van der Waals surface area contributed by atoms with Crippen LogP contribution >= 0.6 is 0 Å². The van der Waals surface area contributed by atoms with Gasteiger partial charge in [-0.15, -0.1) is 0 Å². The molecule has 38 heavy (non-hydrogen) atoms. The van der Waals surface area contributed by atoms with Gasteiger partial charge in [0.2, 0.25) is 0 Å². The first kappa shape index (κ1) is 34.7. The molecular formula is C36H60ClN. The third-order valence-electron chi connectivity index (χ3n) is 8.29. The zero-order valence-electron chi connectivity index (χ0n) is 25.2. The van der Waals surface area contributed by atoms with Crippen molar-refractivity contribution >= 4 is 11.4 Å². The Morgan fingerprint density at radius 3 is 0.921 bits per heavy atom. The first-order valence-electron chi connectivity index (χ1n) is 16.3. The van der Waals surface area contributed by atoms with Crippen LogP contribution in [0, 0.1) is 0 Å². The number of hydrogen-bond donors (Lipinski definition) is 0. The molecule has 2 rings (SSSR count). The van der Waals surface area contributed by atoms with E-state index in [0.29, 0.717) is 0 Å². The summed E-state index contributed by atoms with van der Waals surface area (Å²) in [6, 6.07) is 22.8. The maximum atomic E-state index is 2.37. The van der Waals surface area contributed by atoms with Crippen molar-refractivity contribution in [2.45, 2.75) is 142 Å². The molecule has 2 aromatic rings. The molecule has 0 amide bonds. The number of nitrogens with zero attached hydrogens (tertiary/aromatic N) is 1. The standard InChI is InChI=1S/C36H60N.ClH/c1-3-5-7-9-11-13-15-17-19-27-33-37(35-29-23-21-24-30-35,36-31-25-22-26-32-36)34-28-20-18-16-14-12-10-8-6-4-2;/h21-26,29-32H,3-20,27-28,33-34H2,1-2H3;1H/q+1;/p-1. The largest absolute Gasteiger partial charge is 1.00 e. The second-order valence-corrected chi connectivity index (χ2v) is 11.5. The molecule has 0 heterocycles. The van der Waals surface area contributed by atoms with Crippen LogP contribution in [0.1, 0.15) is 142 Å². The predicted molar refractivity (Wildman–Crippen MR) is 168 cm³/mol. The summed E-state index contributed by atoms with van der Waals surface area (Å²) in [7, 11) is 0. The first-order chi connectivity index (χ1) is 18.3. The fourth-order valence-electron chi connectivity index (χ4n) is 5.94.